The molecule has 0 fully saturated rings. The van der Waals surface area contributed by atoms with E-state index in [9.17, 15) is 0 Å². The van der Waals surface area contributed by atoms with E-state index in [1.807, 2.05) is 4.68 Å². The molecule has 0 aliphatic carbocycles. The second-order valence-electron chi connectivity index (χ2n) is 4.87. The van der Waals surface area contributed by atoms with Crippen LogP contribution in [0.4, 0.5) is 0 Å². The van der Waals surface area contributed by atoms with Crippen LogP contribution < -0.4 is 5.73 Å². The van der Waals surface area contributed by atoms with Crippen molar-refractivity contribution in [1.82, 2.24) is 14.8 Å². The van der Waals surface area contributed by atoms with E-state index in [1.165, 1.54) is 0 Å². The van der Waals surface area contributed by atoms with Gasteiger partial charge in [0.25, 0.3) is 0 Å². The molecule has 0 aromatic carbocycles. The van der Waals surface area contributed by atoms with E-state index in [2.05, 4.69) is 37.8 Å². The van der Waals surface area contributed by atoms with Crippen molar-refractivity contribution in [2.24, 2.45) is 11.1 Å². The van der Waals surface area contributed by atoms with Crippen LogP contribution in [-0.2, 0) is 19.4 Å². The average Bonchev–Trinajstić information content (AvgIpc) is 2.68. The van der Waals surface area contributed by atoms with Crippen LogP contribution in [0.1, 0.15) is 45.8 Å². The molecule has 0 saturated carbocycles. The number of hydrogen-bond donors (Lipinski definition) is 1. The summed E-state index contributed by atoms with van der Waals surface area (Å²) in [6.07, 6.45) is 2.67. The van der Waals surface area contributed by atoms with Crippen molar-refractivity contribution < 1.29 is 0 Å². The van der Waals surface area contributed by atoms with E-state index in [0.717, 1.165) is 37.5 Å². The van der Waals surface area contributed by atoms with Crippen molar-refractivity contribution in [3.05, 3.63) is 11.6 Å². The van der Waals surface area contributed by atoms with Crippen LogP contribution in [0.15, 0.2) is 0 Å². The maximum atomic E-state index is 5.72. The van der Waals surface area contributed by atoms with Crippen molar-refractivity contribution in [3.8, 4) is 0 Å². The minimum atomic E-state index is -0.126. The molecule has 1 aromatic rings. The first kappa shape index (κ1) is 14.1. The van der Waals surface area contributed by atoms with Crippen LogP contribution in [-0.4, -0.2) is 19.8 Å². The molecule has 0 aliphatic heterocycles. The number of thiocarbonyl (C=S) groups is 1. The minimum absolute atomic E-state index is 0.126. The Balaban J connectivity index is 2.75. The van der Waals surface area contributed by atoms with Crippen molar-refractivity contribution >= 4 is 17.2 Å². The van der Waals surface area contributed by atoms with Crippen LogP contribution in [0.2, 0.25) is 0 Å². The highest BCUT2D eigenvalue weighted by molar-refractivity contribution is 7.80. The lowest BCUT2D eigenvalue weighted by Gasteiger charge is -2.22. The third-order valence-electron chi connectivity index (χ3n) is 3.04. The predicted octanol–water partition coefficient (Wildman–Crippen LogP) is 2.11. The van der Waals surface area contributed by atoms with E-state index in [0.29, 0.717) is 4.99 Å². The van der Waals surface area contributed by atoms with Gasteiger partial charge in [0, 0.05) is 24.8 Å². The van der Waals surface area contributed by atoms with Crippen molar-refractivity contribution in [1.29, 1.82) is 0 Å². The molecule has 0 amide bonds. The van der Waals surface area contributed by atoms with E-state index in [-0.39, 0.29) is 5.41 Å². The van der Waals surface area contributed by atoms with Crippen molar-refractivity contribution in [2.75, 3.05) is 0 Å². The van der Waals surface area contributed by atoms with Crippen LogP contribution in [0.25, 0.3) is 0 Å². The lowest BCUT2D eigenvalue weighted by Crippen LogP contribution is -2.31. The molecule has 1 heterocycles. The smallest absolute Gasteiger partial charge is 0.150 e. The summed E-state index contributed by atoms with van der Waals surface area (Å²) in [6.45, 7) is 9.12. The number of aryl methyl sites for hydroxylation is 3. The Bertz CT molecular complexity index is 395. The monoisotopic (exact) mass is 254 g/mol. The molecule has 1 rings (SSSR count). The van der Waals surface area contributed by atoms with Gasteiger partial charge in [0.15, 0.2) is 5.82 Å². The Hall–Kier alpha value is -0.970. The molecule has 2 N–H and O–H groups in total. The van der Waals surface area contributed by atoms with Gasteiger partial charge in [0.2, 0.25) is 0 Å². The highest BCUT2D eigenvalue weighted by Gasteiger charge is 2.22. The third kappa shape index (κ3) is 3.49. The molecule has 96 valence electrons. The molecular formula is C12H22N4S. The predicted molar refractivity (Wildman–Crippen MR) is 74.0 cm³/mol. The number of hydrogen-bond acceptors (Lipinski definition) is 3. The van der Waals surface area contributed by atoms with Gasteiger partial charge in [-0.1, -0.05) is 39.9 Å². The van der Waals surface area contributed by atoms with Crippen LogP contribution in [0, 0.1) is 5.41 Å². The highest BCUT2D eigenvalue weighted by Crippen LogP contribution is 2.21. The lowest BCUT2D eigenvalue weighted by molar-refractivity contribution is 0.410. The maximum absolute atomic E-state index is 5.72. The largest absolute Gasteiger partial charge is 0.393 e. The first-order valence-electron chi connectivity index (χ1n) is 6.13. The van der Waals surface area contributed by atoms with E-state index in [4.69, 9.17) is 18.0 Å². The molecule has 0 radical (unpaired) electrons. The van der Waals surface area contributed by atoms with Gasteiger partial charge >= 0.3 is 0 Å². The molecule has 0 saturated heterocycles. The van der Waals surface area contributed by atoms with Gasteiger partial charge < -0.3 is 5.73 Å². The average molecular weight is 254 g/mol. The van der Waals surface area contributed by atoms with Gasteiger partial charge in [-0.2, -0.15) is 5.10 Å². The minimum Gasteiger partial charge on any atom is -0.393 e. The van der Waals surface area contributed by atoms with Gasteiger partial charge in [-0.05, 0) is 6.42 Å². The zero-order chi connectivity index (χ0) is 13.1. The Morgan fingerprint density at radius 3 is 2.47 bits per heavy atom. The number of nitrogens with two attached hydrogens (primary N) is 1. The fourth-order valence-electron chi connectivity index (χ4n) is 1.53. The SMILES string of the molecule is CCc1nc(CC)n(CCC(C)(C)C(N)=S)n1. The topological polar surface area (TPSA) is 56.7 Å². The fraction of sp³-hybridized carbons (Fsp3) is 0.750. The Labute approximate surface area is 109 Å². The normalized spacial score (nSPS) is 11.8. The first-order chi connectivity index (χ1) is 7.90. The molecule has 1 aromatic heterocycles. The van der Waals surface area contributed by atoms with Crippen molar-refractivity contribution in [3.63, 3.8) is 0 Å². The molecule has 0 aliphatic rings. The Kier molecular flexibility index (Phi) is 4.62. The molecule has 0 atom stereocenters. The van der Waals surface area contributed by atoms with Gasteiger partial charge in [0.05, 0.1) is 4.99 Å². The lowest BCUT2D eigenvalue weighted by atomic mass is 9.89. The summed E-state index contributed by atoms with van der Waals surface area (Å²) in [4.78, 5) is 5.04. The molecule has 0 bridgehead atoms. The number of nitrogens with zero attached hydrogens (tertiary/aromatic N) is 3. The standard InChI is InChI=1S/C12H22N4S/c1-5-9-14-10(6-2)16(15-9)8-7-12(3,4)11(13)17/h5-8H2,1-4H3,(H2,13,17). The van der Waals surface area contributed by atoms with E-state index in [1.54, 1.807) is 0 Å². The maximum Gasteiger partial charge on any atom is 0.150 e. The van der Waals surface area contributed by atoms with Gasteiger partial charge in [-0.25, -0.2) is 9.67 Å². The van der Waals surface area contributed by atoms with Gasteiger partial charge in [-0.3, -0.25) is 0 Å². The van der Waals surface area contributed by atoms with Crippen LogP contribution in [0.5, 0.6) is 0 Å². The van der Waals surface area contributed by atoms with Gasteiger partial charge in [-0.15, -0.1) is 0 Å². The molecule has 17 heavy (non-hydrogen) atoms. The molecule has 4 nitrogen and oxygen atoms in total. The molecule has 5 heteroatoms. The van der Waals surface area contributed by atoms with E-state index < -0.39 is 0 Å². The number of rotatable bonds is 6. The third-order valence-corrected chi connectivity index (χ3v) is 3.59. The summed E-state index contributed by atoms with van der Waals surface area (Å²) in [5.41, 5.74) is 5.60. The second-order valence-corrected chi connectivity index (χ2v) is 5.31. The summed E-state index contributed by atoms with van der Waals surface area (Å²) in [5.74, 6) is 1.95. The van der Waals surface area contributed by atoms with E-state index >= 15 is 0 Å². The summed E-state index contributed by atoms with van der Waals surface area (Å²) in [5, 5.41) is 4.48. The Morgan fingerprint density at radius 1 is 1.35 bits per heavy atom. The molecule has 0 unspecified atom stereocenters. The number of aromatic nitrogens is 3. The quantitative estimate of drug-likeness (QED) is 0.790. The molecule has 0 spiro atoms. The summed E-state index contributed by atoms with van der Waals surface area (Å²) in [7, 11) is 0. The van der Waals surface area contributed by atoms with Crippen molar-refractivity contribution in [2.45, 2.75) is 53.5 Å². The summed E-state index contributed by atoms with van der Waals surface area (Å²) < 4.78 is 1.98. The Morgan fingerprint density at radius 2 is 2.00 bits per heavy atom. The van der Waals surface area contributed by atoms with Crippen LogP contribution in [0.3, 0.4) is 0 Å². The fourth-order valence-corrected chi connectivity index (χ4v) is 1.63. The highest BCUT2D eigenvalue weighted by atomic mass is 32.1. The van der Waals surface area contributed by atoms with Gasteiger partial charge in [0.1, 0.15) is 5.82 Å². The zero-order valence-electron chi connectivity index (χ0n) is 11.2. The summed E-state index contributed by atoms with van der Waals surface area (Å²) >= 11 is 5.07. The zero-order valence-corrected chi connectivity index (χ0v) is 12.0. The second kappa shape index (κ2) is 5.58. The summed E-state index contributed by atoms with van der Waals surface area (Å²) in [6, 6.07) is 0. The first-order valence-corrected chi connectivity index (χ1v) is 6.54. The van der Waals surface area contributed by atoms with Crippen LogP contribution >= 0.6 is 12.2 Å². The molecular weight excluding hydrogens is 232 g/mol.